The molecular formula is C21H35N3O2. The third-order valence-electron chi connectivity index (χ3n) is 4.61. The van der Waals surface area contributed by atoms with E-state index in [9.17, 15) is 4.79 Å². The lowest BCUT2D eigenvalue weighted by atomic mass is 10.2. The summed E-state index contributed by atoms with van der Waals surface area (Å²) in [6.07, 6.45) is 5.01. The molecule has 26 heavy (non-hydrogen) atoms. The normalized spacial score (nSPS) is 11.5. The van der Waals surface area contributed by atoms with Crippen molar-refractivity contribution in [2.75, 3.05) is 45.2 Å². The van der Waals surface area contributed by atoms with E-state index in [2.05, 4.69) is 49.0 Å². The second-order valence-corrected chi connectivity index (χ2v) is 6.55. The van der Waals surface area contributed by atoms with Gasteiger partial charge in [-0.1, -0.05) is 26.0 Å². The standard InChI is InChI=1S/C21H35N3O2/c1-6-9-19(4)23(5)13-14-24(7-2)12-8-15-26-20-11-10-18(3)21(16-20)22-17-25/h9-11,16-17H,6-8,12-15H2,1-5H3,(H,22,25)/b19-9+. The van der Waals surface area contributed by atoms with E-state index in [1.54, 1.807) is 0 Å². The number of nitrogens with zero attached hydrogens (tertiary/aromatic N) is 2. The number of allylic oxidation sites excluding steroid dienone is 2. The molecule has 0 saturated heterocycles. The zero-order chi connectivity index (χ0) is 19.4. The number of hydrogen-bond donors (Lipinski definition) is 1. The summed E-state index contributed by atoms with van der Waals surface area (Å²) >= 11 is 0. The molecule has 0 heterocycles. The van der Waals surface area contributed by atoms with Crippen LogP contribution in [-0.2, 0) is 4.79 Å². The summed E-state index contributed by atoms with van der Waals surface area (Å²) in [5, 5.41) is 2.70. The Kier molecular flexibility index (Phi) is 10.5. The van der Waals surface area contributed by atoms with Crippen LogP contribution >= 0.6 is 0 Å². The Morgan fingerprint density at radius 1 is 1.23 bits per heavy atom. The smallest absolute Gasteiger partial charge is 0.211 e. The van der Waals surface area contributed by atoms with E-state index < -0.39 is 0 Å². The molecule has 1 aromatic rings. The van der Waals surface area contributed by atoms with E-state index in [1.807, 2.05) is 25.1 Å². The molecule has 1 aromatic carbocycles. The van der Waals surface area contributed by atoms with Gasteiger partial charge in [-0.25, -0.2) is 0 Å². The van der Waals surface area contributed by atoms with Crippen molar-refractivity contribution in [3.8, 4) is 5.75 Å². The van der Waals surface area contributed by atoms with Crippen molar-refractivity contribution in [2.45, 2.75) is 40.5 Å². The molecule has 0 saturated carbocycles. The lowest BCUT2D eigenvalue weighted by molar-refractivity contribution is -0.105. The number of amides is 1. The summed E-state index contributed by atoms with van der Waals surface area (Å²) in [5.41, 5.74) is 3.16. The SMILES string of the molecule is CC/C=C(\C)N(C)CCN(CC)CCCOc1ccc(C)c(NC=O)c1. The monoisotopic (exact) mass is 361 g/mol. The quantitative estimate of drug-likeness (QED) is 0.427. The minimum absolute atomic E-state index is 0.671. The van der Waals surface area contributed by atoms with Gasteiger partial charge in [0.05, 0.1) is 6.61 Å². The van der Waals surface area contributed by atoms with Crippen molar-refractivity contribution in [3.63, 3.8) is 0 Å². The summed E-state index contributed by atoms with van der Waals surface area (Å²) in [4.78, 5) is 15.4. The molecule has 146 valence electrons. The average Bonchev–Trinajstić information content (AvgIpc) is 2.63. The van der Waals surface area contributed by atoms with Crippen molar-refractivity contribution in [3.05, 3.63) is 35.5 Å². The summed E-state index contributed by atoms with van der Waals surface area (Å²) < 4.78 is 5.84. The highest BCUT2D eigenvalue weighted by Crippen LogP contribution is 2.21. The van der Waals surface area contributed by atoms with E-state index in [0.717, 1.165) is 56.0 Å². The molecule has 0 atom stereocenters. The van der Waals surface area contributed by atoms with Gasteiger partial charge < -0.3 is 19.9 Å². The van der Waals surface area contributed by atoms with Crippen molar-refractivity contribution in [2.24, 2.45) is 0 Å². The van der Waals surface area contributed by atoms with Crippen molar-refractivity contribution < 1.29 is 9.53 Å². The Bertz CT molecular complexity index is 572. The fourth-order valence-corrected chi connectivity index (χ4v) is 2.74. The second-order valence-electron chi connectivity index (χ2n) is 6.55. The number of benzene rings is 1. The first-order valence-electron chi connectivity index (χ1n) is 9.55. The summed E-state index contributed by atoms with van der Waals surface area (Å²) in [6.45, 7) is 13.3. The molecule has 0 aromatic heterocycles. The number of rotatable bonds is 13. The van der Waals surface area contributed by atoms with E-state index in [0.29, 0.717) is 13.0 Å². The molecule has 0 radical (unpaired) electrons. The number of carbonyl (C=O) groups excluding carboxylic acids is 1. The predicted molar refractivity (Wildman–Crippen MR) is 110 cm³/mol. The summed E-state index contributed by atoms with van der Waals surface area (Å²) in [6, 6.07) is 5.78. The summed E-state index contributed by atoms with van der Waals surface area (Å²) in [7, 11) is 2.15. The van der Waals surface area contributed by atoms with E-state index in [1.165, 1.54) is 5.70 Å². The van der Waals surface area contributed by atoms with E-state index in [4.69, 9.17) is 4.74 Å². The number of anilines is 1. The molecule has 1 rings (SSSR count). The summed E-state index contributed by atoms with van der Waals surface area (Å²) in [5.74, 6) is 0.794. The van der Waals surface area contributed by atoms with Crippen LogP contribution in [0.15, 0.2) is 30.0 Å². The fraction of sp³-hybridized carbons (Fsp3) is 0.571. The van der Waals surface area contributed by atoms with Crippen LogP contribution < -0.4 is 10.1 Å². The minimum atomic E-state index is 0.671. The lowest BCUT2D eigenvalue weighted by Gasteiger charge is -2.26. The maximum atomic E-state index is 10.6. The van der Waals surface area contributed by atoms with Gasteiger partial charge in [0.1, 0.15) is 5.75 Å². The first kappa shape index (κ1) is 22.0. The predicted octanol–water partition coefficient (Wildman–Crippen LogP) is 3.90. The first-order chi connectivity index (χ1) is 12.5. The van der Waals surface area contributed by atoms with Crippen molar-refractivity contribution >= 4 is 12.1 Å². The molecule has 5 heteroatoms. The zero-order valence-electron chi connectivity index (χ0n) is 17.0. The molecule has 0 spiro atoms. The third kappa shape index (κ3) is 7.91. The average molecular weight is 362 g/mol. The van der Waals surface area contributed by atoms with Gasteiger partial charge in [0.2, 0.25) is 6.41 Å². The largest absolute Gasteiger partial charge is 0.493 e. The van der Waals surface area contributed by atoms with Gasteiger partial charge in [-0.3, -0.25) is 4.79 Å². The van der Waals surface area contributed by atoms with Crippen molar-refractivity contribution in [1.82, 2.24) is 9.80 Å². The zero-order valence-corrected chi connectivity index (χ0v) is 17.0. The maximum absolute atomic E-state index is 10.6. The molecule has 0 aliphatic carbocycles. The topological polar surface area (TPSA) is 44.8 Å². The van der Waals surface area contributed by atoms with Gasteiger partial charge in [0.25, 0.3) is 0 Å². The fourth-order valence-electron chi connectivity index (χ4n) is 2.74. The molecule has 0 fully saturated rings. The Morgan fingerprint density at radius 2 is 2.00 bits per heavy atom. The number of nitrogens with one attached hydrogen (secondary N) is 1. The molecule has 0 aliphatic heterocycles. The molecule has 0 aliphatic rings. The van der Waals surface area contributed by atoms with Gasteiger partial charge in [-0.2, -0.15) is 0 Å². The van der Waals surface area contributed by atoms with Crippen LogP contribution in [-0.4, -0.2) is 56.0 Å². The van der Waals surface area contributed by atoms with Gasteiger partial charge in [0, 0.05) is 44.1 Å². The number of carbonyl (C=O) groups is 1. The highest BCUT2D eigenvalue weighted by atomic mass is 16.5. The highest BCUT2D eigenvalue weighted by molar-refractivity contribution is 5.74. The van der Waals surface area contributed by atoms with Gasteiger partial charge in [-0.05, 0) is 44.9 Å². The number of ether oxygens (including phenoxy) is 1. The van der Waals surface area contributed by atoms with Gasteiger partial charge >= 0.3 is 0 Å². The minimum Gasteiger partial charge on any atom is -0.493 e. The molecule has 5 nitrogen and oxygen atoms in total. The molecule has 0 bridgehead atoms. The molecule has 1 amide bonds. The van der Waals surface area contributed by atoms with Crippen LogP contribution in [0.3, 0.4) is 0 Å². The van der Waals surface area contributed by atoms with Crippen LogP contribution in [0.4, 0.5) is 5.69 Å². The Morgan fingerprint density at radius 3 is 2.65 bits per heavy atom. The number of aryl methyl sites for hydroxylation is 1. The van der Waals surface area contributed by atoms with Gasteiger partial charge in [0.15, 0.2) is 0 Å². The van der Waals surface area contributed by atoms with E-state index in [-0.39, 0.29) is 0 Å². The Balaban J connectivity index is 2.35. The van der Waals surface area contributed by atoms with Crippen LogP contribution in [0.5, 0.6) is 5.75 Å². The molecule has 1 N–H and O–H groups in total. The van der Waals surface area contributed by atoms with Gasteiger partial charge in [-0.15, -0.1) is 0 Å². The molecule has 0 unspecified atom stereocenters. The van der Waals surface area contributed by atoms with E-state index >= 15 is 0 Å². The number of hydrogen-bond acceptors (Lipinski definition) is 4. The Labute approximate surface area is 159 Å². The van der Waals surface area contributed by atoms with Crippen LogP contribution in [0.25, 0.3) is 0 Å². The third-order valence-corrected chi connectivity index (χ3v) is 4.61. The second kappa shape index (κ2) is 12.4. The highest BCUT2D eigenvalue weighted by Gasteiger charge is 2.06. The number of likely N-dealkylation sites (N-methyl/N-ethyl adjacent to an activating group) is 2. The van der Waals surface area contributed by atoms with Crippen molar-refractivity contribution in [1.29, 1.82) is 0 Å². The Hall–Kier alpha value is -2.01. The molecular weight excluding hydrogens is 326 g/mol. The van der Waals surface area contributed by atoms with Crippen LogP contribution in [0, 0.1) is 6.92 Å². The van der Waals surface area contributed by atoms with Crippen LogP contribution in [0.2, 0.25) is 0 Å². The van der Waals surface area contributed by atoms with Crippen LogP contribution in [0.1, 0.15) is 39.2 Å². The maximum Gasteiger partial charge on any atom is 0.211 e. The first-order valence-corrected chi connectivity index (χ1v) is 9.55. The lowest BCUT2D eigenvalue weighted by Crippen LogP contribution is -2.33.